The van der Waals surface area contributed by atoms with E-state index in [0.29, 0.717) is 0 Å². The molecule has 52 heavy (non-hydrogen) atoms. The molecule has 0 unspecified atom stereocenters. The van der Waals surface area contributed by atoms with Crippen LogP contribution in [0.25, 0.3) is 33.2 Å². The lowest BCUT2D eigenvalue weighted by molar-refractivity contribution is 0.632. The molecule has 250 valence electrons. The average Bonchev–Trinajstić information content (AvgIpc) is 3.18. The van der Waals surface area contributed by atoms with E-state index in [2.05, 4.69) is 159 Å². The van der Waals surface area contributed by atoms with Crippen molar-refractivity contribution in [2.75, 3.05) is 9.80 Å². The first-order valence-electron chi connectivity index (χ1n) is 17.8. The first-order chi connectivity index (χ1) is 25.4. The summed E-state index contributed by atoms with van der Waals surface area (Å²) in [6.45, 7) is 9.23. The van der Waals surface area contributed by atoms with Crippen molar-refractivity contribution in [2.45, 2.75) is 38.5 Å². The van der Waals surface area contributed by atoms with E-state index < -0.39 is 0 Å². The molecule has 8 aromatic rings. The number of nitrogens with zero attached hydrogens (tertiary/aromatic N) is 6. The molecule has 0 bridgehead atoms. The zero-order valence-corrected chi connectivity index (χ0v) is 29.5. The topological polar surface area (TPSA) is 58.0 Å². The van der Waals surface area contributed by atoms with Crippen LogP contribution in [0.3, 0.4) is 0 Å². The highest BCUT2D eigenvalue weighted by Gasteiger charge is 2.39. The number of aromatic nitrogens is 4. The number of anilines is 6. The van der Waals surface area contributed by atoms with Gasteiger partial charge in [-0.05, 0) is 70.8 Å². The van der Waals surface area contributed by atoms with E-state index in [9.17, 15) is 0 Å². The van der Waals surface area contributed by atoms with Crippen LogP contribution in [0, 0.1) is 0 Å². The standard InChI is InChI=1S/C46H36N6/c1-45(2)31-13-5-9-17-35(31)51(36-18-10-6-14-32(36)45)39-23-21-29(41-43(39)49-27-25-47-41)30-22-24-40(44-42(30)48-26-28-50-44)52-37-19-11-7-15-33(37)46(3,4)34-16-8-12-20-38(34)52/h5-28H,1-4H3. The van der Waals surface area contributed by atoms with Gasteiger partial charge < -0.3 is 9.80 Å². The van der Waals surface area contributed by atoms with E-state index in [1.54, 1.807) is 24.8 Å². The van der Waals surface area contributed by atoms with E-state index in [-0.39, 0.29) is 10.8 Å². The highest BCUT2D eigenvalue weighted by atomic mass is 15.2. The Morgan fingerprint density at radius 3 is 0.942 bits per heavy atom. The van der Waals surface area contributed by atoms with Crippen LogP contribution >= 0.6 is 0 Å². The summed E-state index contributed by atoms with van der Waals surface area (Å²) in [4.78, 5) is 24.7. The van der Waals surface area contributed by atoms with Crippen LogP contribution < -0.4 is 9.80 Å². The zero-order chi connectivity index (χ0) is 35.2. The van der Waals surface area contributed by atoms with E-state index in [4.69, 9.17) is 19.9 Å². The van der Waals surface area contributed by atoms with Gasteiger partial charge in [0.1, 0.15) is 11.0 Å². The molecule has 6 nitrogen and oxygen atoms in total. The van der Waals surface area contributed by atoms with Crippen molar-refractivity contribution in [3.8, 4) is 11.1 Å². The number of rotatable bonds is 3. The second-order valence-electron chi connectivity index (χ2n) is 14.8. The molecule has 4 heterocycles. The smallest absolute Gasteiger partial charge is 0.113 e. The molecule has 2 aromatic heterocycles. The summed E-state index contributed by atoms with van der Waals surface area (Å²) < 4.78 is 0. The van der Waals surface area contributed by atoms with Crippen molar-refractivity contribution >= 4 is 56.2 Å². The molecule has 0 fully saturated rings. The van der Waals surface area contributed by atoms with Gasteiger partial charge >= 0.3 is 0 Å². The highest BCUT2D eigenvalue weighted by molar-refractivity contribution is 6.09. The second kappa shape index (κ2) is 11.0. The van der Waals surface area contributed by atoms with Crippen LogP contribution in [0.2, 0.25) is 0 Å². The fourth-order valence-corrected chi connectivity index (χ4v) is 8.74. The minimum Gasteiger partial charge on any atom is -0.308 e. The van der Waals surface area contributed by atoms with E-state index in [1.807, 2.05) is 0 Å². The van der Waals surface area contributed by atoms with Gasteiger partial charge in [0.25, 0.3) is 0 Å². The fraction of sp³-hybridized carbons (Fsp3) is 0.130. The third-order valence-corrected chi connectivity index (χ3v) is 11.3. The van der Waals surface area contributed by atoms with Crippen LogP contribution in [0.5, 0.6) is 0 Å². The van der Waals surface area contributed by atoms with Crippen molar-refractivity contribution in [3.05, 3.63) is 168 Å². The molecule has 2 aliphatic heterocycles. The van der Waals surface area contributed by atoms with Gasteiger partial charge in [-0.2, -0.15) is 0 Å². The van der Waals surface area contributed by atoms with Gasteiger partial charge in [0.2, 0.25) is 0 Å². The zero-order valence-electron chi connectivity index (χ0n) is 29.5. The quantitative estimate of drug-likeness (QED) is 0.186. The molecule has 0 radical (unpaired) electrons. The van der Waals surface area contributed by atoms with Crippen molar-refractivity contribution in [1.29, 1.82) is 0 Å². The van der Waals surface area contributed by atoms with Gasteiger partial charge in [-0.15, -0.1) is 0 Å². The summed E-state index contributed by atoms with van der Waals surface area (Å²) in [5, 5.41) is 0. The van der Waals surface area contributed by atoms with E-state index >= 15 is 0 Å². The summed E-state index contributed by atoms with van der Waals surface area (Å²) in [5.74, 6) is 0. The van der Waals surface area contributed by atoms with Crippen molar-refractivity contribution < 1.29 is 0 Å². The van der Waals surface area contributed by atoms with Gasteiger partial charge in [0.15, 0.2) is 0 Å². The predicted octanol–water partition coefficient (Wildman–Crippen LogP) is 11.5. The predicted molar refractivity (Wildman–Crippen MR) is 212 cm³/mol. The second-order valence-corrected chi connectivity index (χ2v) is 14.8. The Hall–Kier alpha value is -6.40. The van der Waals surface area contributed by atoms with E-state index in [1.165, 1.54) is 22.3 Å². The number of hydrogen-bond acceptors (Lipinski definition) is 6. The molecule has 10 rings (SSSR count). The Labute approximate surface area is 303 Å². The third-order valence-electron chi connectivity index (χ3n) is 11.3. The molecule has 0 atom stereocenters. The first kappa shape index (κ1) is 30.4. The minimum atomic E-state index is -0.157. The van der Waals surface area contributed by atoms with Gasteiger partial charge in [-0.3, -0.25) is 19.9 Å². The Kier molecular flexibility index (Phi) is 6.46. The van der Waals surface area contributed by atoms with Gasteiger partial charge in [-0.1, -0.05) is 100 Å². The number of fused-ring (bicyclic) bond motifs is 6. The Morgan fingerprint density at radius 1 is 0.327 bits per heavy atom. The lowest BCUT2D eigenvalue weighted by Gasteiger charge is -2.42. The van der Waals surface area contributed by atoms with Crippen LogP contribution in [0.4, 0.5) is 34.1 Å². The van der Waals surface area contributed by atoms with Gasteiger partial charge in [0, 0.05) is 46.7 Å². The van der Waals surface area contributed by atoms with Crippen LogP contribution in [-0.4, -0.2) is 19.9 Å². The average molecular weight is 673 g/mol. The Balaban J connectivity index is 1.18. The van der Waals surface area contributed by atoms with Crippen LogP contribution in [0.15, 0.2) is 146 Å². The van der Waals surface area contributed by atoms with Gasteiger partial charge in [-0.25, -0.2) is 0 Å². The fourth-order valence-electron chi connectivity index (χ4n) is 8.74. The largest absolute Gasteiger partial charge is 0.308 e. The van der Waals surface area contributed by atoms with Crippen molar-refractivity contribution in [1.82, 2.24) is 19.9 Å². The molecule has 0 amide bonds. The molecular weight excluding hydrogens is 637 g/mol. The normalized spacial score (nSPS) is 15.2. The maximum atomic E-state index is 5.01. The molecule has 0 N–H and O–H groups in total. The minimum absolute atomic E-state index is 0.157. The molecular formula is C46H36N6. The van der Waals surface area contributed by atoms with Crippen molar-refractivity contribution in [2.24, 2.45) is 0 Å². The van der Waals surface area contributed by atoms with Crippen molar-refractivity contribution in [3.63, 3.8) is 0 Å². The Bertz CT molecular complexity index is 2440. The first-order valence-corrected chi connectivity index (χ1v) is 17.8. The molecule has 6 aromatic carbocycles. The summed E-state index contributed by atoms with van der Waals surface area (Å²) in [6, 6.07) is 43.5. The highest BCUT2D eigenvalue weighted by Crippen LogP contribution is 2.55. The maximum Gasteiger partial charge on any atom is 0.113 e. The Morgan fingerprint density at radius 2 is 0.615 bits per heavy atom. The van der Waals surface area contributed by atoms with Crippen LogP contribution in [-0.2, 0) is 10.8 Å². The van der Waals surface area contributed by atoms with Crippen LogP contribution in [0.1, 0.15) is 49.9 Å². The monoisotopic (exact) mass is 672 g/mol. The summed E-state index contributed by atoms with van der Waals surface area (Å²) in [7, 11) is 0. The number of benzene rings is 6. The summed E-state index contributed by atoms with van der Waals surface area (Å²) in [6.07, 6.45) is 7.13. The molecule has 0 spiro atoms. The molecule has 6 heteroatoms. The molecule has 0 saturated carbocycles. The molecule has 2 aliphatic rings. The maximum absolute atomic E-state index is 5.01. The molecule has 0 saturated heterocycles. The molecule has 0 aliphatic carbocycles. The summed E-state index contributed by atoms with van der Waals surface area (Å²) >= 11 is 0. The number of hydrogen-bond donors (Lipinski definition) is 0. The SMILES string of the molecule is CC1(C)c2ccccc2N(c2ccc(-c3ccc(N4c5ccccc5C(C)(C)c5ccccc54)c4nccnc34)c3nccnc23)c2ccccc21. The van der Waals surface area contributed by atoms with E-state index in [0.717, 1.165) is 67.3 Å². The lowest BCUT2D eigenvalue weighted by Crippen LogP contribution is -2.30. The third kappa shape index (κ3) is 4.18. The van der Waals surface area contributed by atoms with Gasteiger partial charge in [0.05, 0.1) is 45.2 Å². The summed E-state index contributed by atoms with van der Waals surface area (Å²) in [5.41, 5.74) is 16.6. The number of para-hydroxylation sites is 4. The lowest BCUT2D eigenvalue weighted by atomic mass is 9.73.